The summed E-state index contributed by atoms with van der Waals surface area (Å²) in [6, 6.07) is 0. The minimum atomic E-state index is 0.361. The standard InChI is InChI=1S/C9H15I2NO/c10-5-1-2-9(13)12-6-3-8(11)4-7-12/h8H,1-7H2. The molecule has 76 valence electrons. The van der Waals surface area contributed by atoms with Crippen molar-refractivity contribution in [2.45, 2.75) is 29.6 Å². The molecule has 2 nitrogen and oxygen atoms in total. The van der Waals surface area contributed by atoms with Crippen LogP contribution >= 0.6 is 45.2 Å². The van der Waals surface area contributed by atoms with Crippen LogP contribution in [-0.2, 0) is 4.79 Å². The lowest BCUT2D eigenvalue weighted by Gasteiger charge is -2.29. The zero-order valence-electron chi connectivity index (χ0n) is 7.64. The molecule has 0 spiro atoms. The van der Waals surface area contributed by atoms with Gasteiger partial charge in [0.05, 0.1) is 0 Å². The van der Waals surface area contributed by atoms with Crippen LogP contribution < -0.4 is 0 Å². The third-order valence-electron chi connectivity index (χ3n) is 2.30. The Morgan fingerprint density at radius 2 is 2.00 bits per heavy atom. The summed E-state index contributed by atoms with van der Waals surface area (Å²) in [6.07, 6.45) is 4.13. The SMILES string of the molecule is O=C(CCCI)N1CCC(I)CC1. The summed E-state index contributed by atoms with van der Waals surface area (Å²) in [5.74, 6) is 0.361. The summed E-state index contributed by atoms with van der Waals surface area (Å²) in [6.45, 7) is 1.96. The average Bonchev–Trinajstić information content (AvgIpc) is 2.15. The molecule has 1 heterocycles. The fraction of sp³-hybridized carbons (Fsp3) is 0.889. The van der Waals surface area contributed by atoms with E-state index >= 15 is 0 Å². The van der Waals surface area contributed by atoms with Gasteiger partial charge in [-0.25, -0.2) is 0 Å². The number of hydrogen-bond donors (Lipinski definition) is 0. The number of amides is 1. The van der Waals surface area contributed by atoms with Crippen molar-refractivity contribution in [3.63, 3.8) is 0 Å². The van der Waals surface area contributed by atoms with E-state index in [1.807, 2.05) is 4.90 Å². The van der Waals surface area contributed by atoms with Crippen LogP contribution in [0.5, 0.6) is 0 Å². The first-order chi connectivity index (χ1) is 6.24. The lowest BCUT2D eigenvalue weighted by Crippen LogP contribution is -2.38. The normalized spacial score (nSPS) is 19.1. The molecule has 1 amide bonds. The van der Waals surface area contributed by atoms with Gasteiger partial charge < -0.3 is 4.90 Å². The number of hydrogen-bond acceptors (Lipinski definition) is 1. The summed E-state index contributed by atoms with van der Waals surface area (Å²) in [5, 5.41) is 0. The summed E-state index contributed by atoms with van der Waals surface area (Å²) >= 11 is 4.80. The van der Waals surface area contributed by atoms with Gasteiger partial charge in [0.1, 0.15) is 0 Å². The maximum Gasteiger partial charge on any atom is 0.222 e. The Morgan fingerprint density at radius 1 is 1.38 bits per heavy atom. The molecule has 1 fully saturated rings. The Labute approximate surface area is 107 Å². The van der Waals surface area contributed by atoms with Crippen LogP contribution in [0.1, 0.15) is 25.7 Å². The minimum Gasteiger partial charge on any atom is -0.343 e. The predicted molar refractivity (Wildman–Crippen MR) is 71.7 cm³/mol. The molecule has 1 saturated heterocycles. The number of likely N-dealkylation sites (tertiary alicyclic amines) is 1. The van der Waals surface area contributed by atoms with Crippen molar-refractivity contribution in [3.8, 4) is 0 Å². The van der Waals surface area contributed by atoms with Crippen LogP contribution in [0.2, 0.25) is 0 Å². The van der Waals surface area contributed by atoms with Gasteiger partial charge in [0.25, 0.3) is 0 Å². The van der Waals surface area contributed by atoms with Crippen molar-refractivity contribution in [1.82, 2.24) is 4.90 Å². The van der Waals surface area contributed by atoms with E-state index in [1.165, 1.54) is 12.8 Å². The van der Waals surface area contributed by atoms with Crippen molar-refractivity contribution in [1.29, 1.82) is 0 Å². The summed E-state index contributed by atoms with van der Waals surface area (Å²) in [5.41, 5.74) is 0. The van der Waals surface area contributed by atoms with Gasteiger partial charge in [-0.2, -0.15) is 0 Å². The number of halogens is 2. The first kappa shape index (κ1) is 12.0. The first-order valence-corrected chi connectivity index (χ1v) is 7.49. The van der Waals surface area contributed by atoms with Crippen LogP contribution in [-0.4, -0.2) is 32.2 Å². The van der Waals surface area contributed by atoms with E-state index in [1.54, 1.807) is 0 Å². The second kappa shape index (κ2) is 6.42. The molecule has 0 aromatic carbocycles. The zero-order valence-corrected chi connectivity index (χ0v) is 12.0. The fourth-order valence-corrected chi connectivity index (χ4v) is 2.41. The van der Waals surface area contributed by atoms with E-state index in [4.69, 9.17) is 0 Å². The Kier molecular flexibility index (Phi) is 5.93. The Balaban J connectivity index is 2.23. The van der Waals surface area contributed by atoms with Gasteiger partial charge in [-0.05, 0) is 19.3 Å². The van der Waals surface area contributed by atoms with Crippen molar-refractivity contribution >= 4 is 51.1 Å². The first-order valence-electron chi connectivity index (χ1n) is 4.72. The summed E-state index contributed by atoms with van der Waals surface area (Å²) in [7, 11) is 0. The second-order valence-electron chi connectivity index (χ2n) is 3.35. The average molecular weight is 407 g/mol. The van der Waals surface area contributed by atoms with Gasteiger partial charge in [0.15, 0.2) is 0 Å². The molecule has 0 unspecified atom stereocenters. The lowest BCUT2D eigenvalue weighted by atomic mass is 10.1. The predicted octanol–water partition coefficient (Wildman–Crippen LogP) is 2.63. The second-order valence-corrected chi connectivity index (χ2v) is 6.19. The van der Waals surface area contributed by atoms with Crippen molar-refractivity contribution < 1.29 is 4.79 Å². The van der Waals surface area contributed by atoms with E-state index in [2.05, 4.69) is 45.2 Å². The number of alkyl halides is 2. The highest BCUT2D eigenvalue weighted by atomic mass is 127. The zero-order chi connectivity index (χ0) is 9.68. The van der Waals surface area contributed by atoms with E-state index in [-0.39, 0.29) is 0 Å². The molecule has 13 heavy (non-hydrogen) atoms. The van der Waals surface area contributed by atoms with Gasteiger partial charge >= 0.3 is 0 Å². The molecular formula is C9H15I2NO. The summed E-state index contributed by atoms with van der Waals surface area (Å²) in [4.78, 5) is 13.6. The van der Waals surface area contributed by atoms with E-state index in [0.717, 1.165) is 34.3 Å². The maximum absolute atomic E-state index is 11.6. The fourth-order valence-electron chi connectivity index (χ4n) is 1.47. The number of carbonyl (C=O) groups excluding carboxylic acids is 1. The lowest BCUT2D eigenvalue weighted by molar-refractivity contribution is -0.131. The van der Waals surface area contributed by atoms with Crippen molar-refractivity contribution in [2.75, 3.05) is 17.5 Å². The molecule has 1 aliphatic rings. The van der Waals surface area contributed by atoms with Gasteiger partial charge in [-0.1, -0.05) is 45.2 Å². The number of nitrogens with zero attached hydrogens (tertiary/aromatic N) is 1. The maximum atomic E-state index is 11.6. The quantitative estimate of drug-likeness (QED) is 0.521. The van der Waals surface area contributed by atoms with Gasteiger partial charge in [-0.15, -0.1) is 0 Å². The van der Waals surface area contributed by atoms with E-state index in [9.17, 15) is 4.79 Å². The number of piperidine rings is 1. The van der Waals surface area contributed by atoms with Crippen molar-refractivity contribution in [3.05, 3.63) is 0 Å². The van der Waals surface area contributed by atoms with E-state index in [0.29, 0.717) is 5.91 Å². The Hall–Kier alpha value is 0.930. The molecule has 1 rings (SSSR count). The molecule has 0 bridgehead atoms. The van der Waals surface area contributed by atoms with Crippen LogP contribution in [0, 0.1) is 0 Å². The molecule has 4 heteroatoms. The molecule has 0 saturated carbocycles. The van der Waals surface area contributed by atoms with Gasteiger partial charge in [0.2, 0.25) is 5.91 Å². The van der Waals surface area contributed by atoms with Crippen LogP contribution in [0.15, 0.2) is 0 Å². The highest BCUT2D eigenvalue weighted by Gasteiger charge is 2.20. The topological polar surface area (TPSA) is 20.3 Å². The molecular weight excluding hydrogens is 392 g/mol. The van der Waals surface area contributed by atoms with Crippen LogP contribution in [0.3, 0.4) is 0 Å². The van der Waals surface area contributed by atoms with Gasteiger partial charge in [-0.3, -0.25) is 4.79 Å². The Morgan fingerprint density at radius 3 is 2.54 bits per heavy atom. The molecule has 0 radical (unpaired) electrons. The van der Waals surface area contributed by atoms with Crippen LogP contribution in [0.4, 0.5) is 0 Å². The molecule has 0 aromatic rings. The highest BCUT2D eigenvalue weighted by molar-refractivity contribution is 14.1. The molecule has 0 N–H and O–H groups in total. The number of rotatable bonds is 3. The molecule has 0 aliphatic carbocycles. The monoisotopic (exact) mass is 407 g/mol. The van der Waals surface area contributed by atoms with Crippen LogP contribution in [0.25, 0.3) is 0 Å². The van der Waals surface area contributed by atoms with E-state index < -0.39 is 0 Å². The third-order valence-corrected chi connectivity index (χ3v) is 4.31. The van der Waals surface area contributed by atoms with Gasteiger partial charge in [0, 0.05) is 27.9 Å². The molecule has 1 aliphatic heterocycles. The van der Waals surface area contributed by atoms with Crippen molar-refractivity contribution in [2.24, 2.45) is 0 Å². The minimum absolute atomic E-state index is 0.361. The third kappa shape index (κ3) is 4.31. The highest BCUT2D eigenvalue weighted by Crippen LogP contribution is 2.18. The largest absolute Gasteiger partial charge is 0.343 e. The molecule has 0 aromatic heterocycles. The Bertz CT molecular complexity index is 167. The smallest absolute Gasteiger partial charge is 0.222 e. The summed E-state index contributed by atoms with van der Waals surface area (Å²) < 4.78 is 1.87. The number of carbonyl (C=O) groups is 1. The molecule has 0 atom stereocenters.